The van der Waals surface area contributed by atoms with E-state index in [0.717, 1.165) is 42.6 Å². The molecule has 1 N–H and O–H groups in total. The first-order chi connectivity index (χ1) is 17.4. The van der Waals surface area contributed by atoms with E-state index >= 15 is 0 Å². The summed E-state index contributed by atoms with van der Waals surface area (Å²) in [5.74, 6) is 4.98. The molecule has 3 fully saturated rings. The average Bonchev–Trinajstić information content (AvgIpc) is 3.17. The summed E-state index contributed by atoms with van der Waals surface area (Å²) in [5.41, 5.74) is 2.38. The van der Waals surface area contributed by atoms with Crippen molar-refractivity contribution in [2.45, 2.75) is 151 Å². The van der Waals surface area contributed by atoms with Crippen molar-refractivity contribution in [3.63, 3.8) is 0 Å². The van der Waals surface area contributed by atoms with Crippen LogP contribution in [0.25, 0.3) is 0 Å². The van der Waals surface area contributed by atoms with E-state index in [-0.39, 0.29) is 11.5 Å². The molecule has 0 bridgehead atoms. The Labute approximate surface area is 238 Å². The zero-order chi connectivity index (χ0) is 28.3. The van der Waals surface area contributed by atoms with Gasteiger partial charge in [-0.15, -0.1) is 0 Å². The first-order valence-corrected chi connectivity index (χ1v) is 19.4. The maximum Gasteiger partial charge on any atom is 0.191 e. The van der Waals surface area contributed by atoms with Crippen molar-refractivity contribution in [3.05, 3.63) is 11.6 Å². The van der Waals surface area contributed by atoms with Crippen molar-refractivity contribution in [2.24, 2.45) is 51.8 Å². The van der Waals surface area contributed by atoms with Crippen LogP contribution in [-0.2, 0) is 4.43 Å². The third-order valence-electron chi connectivity index (χ3n) is 13.6. The molecule has 0 heterocycles. The summed E-state index contributed by atoms with van der Waals surface area (Å²) in [5, 5.41) is 11.1. The summed E-state index contributed by atoms with van der Waals surface area (Å²) in [7, 11) is -1.64. The van der Waals surface area contributed by atoms with E-state index in [9.17, 15) is 5.11 Å². The molecule has 0 saturated heterocycles. The molecule has 0 spiro atoms. The van der Waals surface area contributed by atoms with E-state index in [4.69, 9.17) is 4.43 Å². The van der Waals surface area contributed by atoms with E-state index < -0.39 is 8.32 Å². The van der Waals surface area contributed by atoms with Crippen LogP contribution in [0.3, 0.4) is 0 Å². The average molecular weight is 545 g/mol. The van der Waals surface area contributed by atoms with Crippen LogP contribution in [0.15, 0.2) is 11.6 Å². The molecule has 220 valence electrons. The highest BCUT2D eigenvalue weighted by Gasteiger charge is 2.61. The zero-order valence-corrected chi connectivity index (χ0v) is 28.3. The van der Waals surface area contributed by atoms with E-state index in [1.54, 1.807) is 5.57 Å². The molecule has 2 nitrogen and oxygen atoms in total. The van der Waals surface area contributed by atoms with Crippen LogP contribution in [0.5, 0.6) is 0 Å². The maximum absolute atomic E-state index is 10.8. The summed E-state index contributed by atoms with van der Waals surface area (Å²) in [6, 6.07) is 0. The molecule has 0 aromatic carbocycles. The minimum absolute atomic E-state index is 0.0572. The predicted molar refractivity (Wildman–Crippen MR) is 166 cm³/mol. The minimum atomic E-state index is -1.64. The molecule has 0 amide bonds. The lowest BCUT2D eigenvalue weighted by atomic mass is 9.44. The molecule has 0 unspecified atom stereocenters. The number of allylic oxidation sites excluding steroid dienone is 1. The van der Waals surface area contributed by atoms with Crippen LogP contribution < -0.4 is 0 Å². The monoisotopic (exact) mass is 544 g/mol. The zero-order valence-electron chi connectivity index (χ0n) is 27.3. The van der Waals surface area contributed by atoms with Crippen molar-refractivity contribution in [1.82, 2.24) is 0 Å². The van der Waals surface area contributed by atoms with Crippen LogP contribution >= 0.6 is 0 Å². The highest BCUT2D eigenvalue weighted by molar-refractivity contribution is 6.74. The standard InChI is InChI=1S/C35H64O2Si/c1-24(23-37-38(10,11)32(3,4)5)13-12-14-25(2)27-16-17-28-26-15-18-30-33(6,7)31(36)20-22-35(30,9)29(26)19-21-34(27,28)8/h18,24-29,31,36H,12-17,19-23H2,1-11H3/t24-,25-,26+,27-,28+,29+,31+,34-,35-/m1/s1. The third-order valence-corrected chi connectivity index (χ3v) is 18.1. The van der Waals surface area contributed by atoms with E-state index in [0.29, 0.717) is 21.8 Å². The molecule has 4 rings (SSSR count). The maximum atomic E-state index is 10.8. The predicted octanol–water partition coefficient (Wildman–Crippen LogP) is 10.0. The van der Waals surface area contributed by atoms with Gasteiger partial charge in [0.05, 0.1) is 6.10 Å². The van der Waals surface area contributed by atoms with Gasteiger partial charge < -0.3 is 9.53 Å². The van der Waals surface area contributed by atoms with E-state index in [1.807, 2.05) is 0 Å². The topological polar surface area (TPSA) is 29.5 Å². The van der Waals surface area contributed by atoms with Gasteiger partial charge in [-0.1, -0.05) is 86.8 Å². The van der Waals surface area contributed by atoms with Crippen LogP contribution in [0.2, 0.25) is 18.1 Å². The molecule has 0 aromatic heterocycles. The van der Waals surface area contributed by atoms with Crippen LogP contribution in [0.4, 0.5) is 0 Å². The SMILES string of the molecule is C[C@H](CCC[C@@H](C)[C@H]1CC[C@H]2[C@@H]3CC=C4C(C)(C)[C@@H](O)CC[C@]4(C)[C@H]3CC[C@]12C)CO[Si](C)(C)C(C)(C)C. The molecule has 9 atom stereocenters. The van der Waals surface area contributed by atoms with Crippen molar-refractivity contribution in [2.75, 3.05) is 6.61 Å². The van der Waals surface area contributed by atoms with Crippen LogP contribution in [0, 0.1) is 51.8 Å². The van der Waals surface area contributed by atoms with Gasteiger partial charge in [0, 0.05) is 12.0 Å². The van der Waals surface area contributed by atoms with Crippen LogP contribution in [-0.4, -0.2) is 26.1 Å². The lowest BCUT2D eigenvalue weighted by Gasteiger charge is -2.61. The largest absolute Gasteiger partial charge is 0.417 e. The third kappa shape index (κ3) is 5.28. The van der Waals surface area contributed by atoms with E-state index in [2.05, 4.69) is 81.5 Å². The molecule has 3 saturated carbocycles. The second kappa shape index (κ2) is 10.6. The summed E-state index contributed by atoms with van der Waals surface area (Å²) in [6.07, 6.45) is 15.7. The fourth-order valence-electron chi connectivity index (χ4n) is 10.0. The smallest absolute Gasteiger partial charge is 0.191 e. The first kappa shape index (κ1) is 30.8. The Morgan fingerprint density at radius 3 is 2.32 bits per heavy atom. The summed E-state index contributed by atoms with van der Waals surface area (Å²) in [6.45, 7) is 27.6. The number of aliphatic hydroxyl groups is 1. The lowest BCUT2D eigenvalue weighted by molar-refractivity contribution is -0.0782. The van der Waals surface area contributed by atoms with Gasteiger partial charge in [0.25, 0.3) is 0 Å². The Kier molecular flexibility index (Phi) is 8.61. The van der Waals surface area contributed by atoms with Gasteiger partial charge in [0.2, 0.25) is 0 Å². The minimum Gasteiger partial charge on any atom is -0.417 e. The quantitative estimate of drug-likeness (QED) is 0.243. The Bertz CT molecular complexity index is 868. The Morgan fingerprint density at radius 2 is 1.66 bits per heavy atom. The Balaban J connectivity index is 1.35. The van der Waals surface area contributed by atoms with Crippen molar-refractivity contribution in [3.8, 4) is 0 Å². The Morgan fingerprint density at radius 1 is 0.974 bits per heavy atom. The number of aliphatic hydroxyl groups excluding tert-OH is 1. The van der Waals surface area contributed by atoms with Gasteiger partial charge >= 0.3 is 0 Å². The number of hydrogen-bond acceptors (Lipinski definition) is 2. The molecule has 4 aliphatic rings. The molecule has 3 heteroatoms. The van der Waals surface area contributed by atoms with Gasteiger partial charge in [-0.05, 0) is 116 Å². The highest BCUT2D eigenvalue weighted by atomic mass is 28.4. The molecule has 0 aromatic rings. The normalized spacial score (nSPS) is 40.5. The fourth-order valence-corrected chi connectivity index (χ4v) is 11.1. The van der Waals surface area contributed by atoms with Crippen molar-refractivity contribution >= 4 is 8.32 Å². The lowest BCUT2D eigenvalue weighted by Crippen LogP contribution is -2.54. The number of rotatable bonds is 8. The van der Waals surface area contributed by atoms with Gasteiger partial charge in [-0.2, -0.15) is 0 Å². The molecule has 0 radical (unpaired) electrons. The molecular formula is C35H64O2Si. The van der Waals surface area contributed by atoms with Crippen molar-refractivity contribution < 1.29 is 9.53 Å². The molecule has 38 heavy (non-hydrogen) atoms. The first-order valence-electron chi connectivity index (χ1n) is 16.5. The summed E-state index contributed by atoms with van der Waals surface area (Å²) >= 11 is 0. The second-order valence-corrected chi connectivity index (χ2v) is 22.0. The van der Waals surface area contributed by atoms with Gasteiger partial charge in [-0.25, -0.2) is 0 Å². The van der Waals surface area contributed by atoms with Gasteiger partial charge in [0.15, 0.2) is 8.32 Å². The second-order valence-electron chi connectivity index (χ2n) is 17.2. The van der Waals surface area contributed by atoms with Gasteiger partial charge in [0.1, 0.15) is 0 Å². The summed E-state index contributed by atoms with van der Waals surface area (Å²) < 4.78 is 6.53. The van der Waals surface area contributed by atoms with E-state index in [1.165, 1.54) is 57.8 Å². The summed E-state index contributed by atoms with van der Waals surface area (Å²) in [4.78, 5) is 0. The molecule has 4 aliphatic carbocycles. The number of hydrogen-bond donors (Lipinski definition) is 1. The van der Waals surface area contributed by atoms with Gasteiger partial charge in [-0.3, -0.25) is 0 Å². The highest BCUT2D eigenvalue weighted by Crippen LogP contribution is 2.69. The molecule has 0 aliphatic heterocycles. The molecular weight excluding hydrogens is 480 g/mol. The fraction of sp³-hybridized carbons (Fsp3) is 0.943. The van der Waals surface area contributed by atoms with Crippen molar-refractivity contribution in [1.29, 1.82) is 0 Å². The Hall–Kier alpha value is -0.123. The number of fused-ring (bicyclic) bond motifs is 5. The van der Waals surface area contributed by atoms with Crippen LogP contribution in [0.1, 0.15) is 127 Å².